The number of anilines is 1. The van der Waals surface area contributed by atoms with Crippen molar-refractivity contribution in [1.29, 1.82) is 0 Å². The second kappa shape index (κ2) is 9.73. The highest BCUT2D eigenvalue weighted by Crippen LogP contribution is 2.24. The third kappa shape index (κ3) is 5.85. The summed E-state index contributed by atoms with van der Waals surface area (Å²) in [6, 6.07) is 7.56. The number of aromatic nitrogens is 3. The fraction of sp³-hybridized carbons (Fsp3) is 0.444. The summed E-state index contributed by atoms with van der Waals surface area (Å²) < 4.78 is 0. The molecule has 6 nitrogen and oxygen atoms in total. The first-order valence-corrected chi connectivity index (χ1v) is 10.2. The average molecular weight is 392 g/mol. The number of piperidine rings is 1. The van der Waals surface area contributed by atoms with Gasteiger partial charge >= 0.3 is 0 Å². The number of carbonyl (C=O) groups excluding carboxylic acids is 1. The SMILES string of the molecule is O=C(CSc1nc(Cl)cc(N2CCCCC2)n1)NCCc1ccccn1. The van der Waals surface area contributed by atoms with Gasteiger partial charge in [0.15, 0.2) is 5.16 Å². The largest absolute Gasteiger partial charge is 0.356 e. The molecule has 0 atom stereocenters. The van der Waals surface area contributed by atoms with Crippen LogP contribution in [0.3, 0.4) is 0 Å². The van der Waals surface area contributed by atoms with Crippen molar-refractivity contribution in [3.05, 3.63) is 41.3 Å². The summed E-state index contributed by atoms with van der Waals surface area (Å²) in [6.07, 6.45) is 6.06. The standard InChI is InChI=1S/C18H22ClN5OS/c19-15-12-16(24-10-4-1-5-11-24)23-18(22-15)26-13-17(25)21-9-7-14-6-2-3-8-20-14/h2-3,6,8,12H,1,4-5,7,9-11,13H2,(H,21,25). The maximum Gasteiger partial charge on any atom is 0.230 e. The van der Waals surface area contributed by atoms with Gasteiger partial charge in [0.1, 0.15) is 11.0 Å². The van der Waals surface area contributed by atoms with E-state index in [1.165, 1.54) is 31.0 Å². The molecule has 8 heteroatoms. The van der Waals surface area contributed by atoms with Crippen LogP contribution in [0.2, 0.25) is 5.15 Å². The van der Waals surface area contributed by atoms with Gasteiger partial charge < -0.3 is 10.2 Å². The molecule has 3 rings (SSSR count). The fourth-order valence-electron chi connectivity index (χ4n) is 2.79. The van der Waals surface area contributed by atoms with Crippen molar-refractivity contribution in [3.63, 3.8) is 0 Å². The quantitative estimate of drug-likeness (QED) is 0.444. The van der Waals surface area contributed by atoms with E-state index in [1.807, 2.05) is 18.2 Å². The zero-order valence-electron chi connectivity index (χ0n) is 14.5. The Kier molecular flexibility index (Phi) is 7.08. The van der Waals surface area contributed by atoms with Crippen molar-refractivity contribution < 1.29 is 4.79 Å². The molecule has 138 valence electrons. The van der Waals surface area contributed by atoms with Crippen LogP contribution in [0.15, 0.2) is 35.6 Å². The van der Waals surface area contributed by atoms with Gasteiger partial charge in [-0.1, -0.05) is 29.4 Å². The molecule has 1 amide bonds. The number of thioether (sulfide) groups is 1. The molecule has 0 unspecified atom stereocenters. The normalized spacial score (nSPS) is 14.3. The predicted molar refractivity (Wildman–Crippen MR) is 105 cm³/mol. The van der Waals surface area contributed by atoms with Crippen LogP contribution < -0.4 is 10.2 Å². The van der Waals surface area contributed by atoms with E-state index < -0.39 is 0 Å². The molecule has 0 saturated carbocycles. The first kappa shape index (κ1) is 18.9. The van der Waals surface area contributed by atoms with Crippen molar-refractivity contribution >= 4 is 35.1 Å². The number of pyridine rings is 1. The fourth-order valence-corrected chi connectivity index (χ4v) is 3.70. The highest BCUT2D eigenvalue weighted by molar-refractivity contribution is 7.99. The van der Waals surface area contributed by atoms with Crippen LogP contribution in [0, 0.1) is 0 Å². The molecule has 0 radical (unpaired) electrons. The number of carbonyl (C=O) groups is 1. The maximum atomic E-state index is 12.0. The second-order valence-electron chi connectivity index (χ2n) is 6.09. The zero-order valence-corrected chi connectivity index (χ0v) is 16.1. The molecular weight excluding hydrogens is 370 g/mol. The van der Waals surface area contributed by atoms with Gasteiger partial charge in [-0.2, -0.15) is 0 Å². The third-order valence-electron chi connectivity index (χ3n) is 4.10. The first-order chi connectivity index (χ1) is 12.7. The number of amides is 1. The number of nitrogens with one attached hydrogen (secondary N) is 1. The molecule has 3 heterocycles. The van der Waals surface area contributed by atoms with E-state index in [-0.39, 0.29) is 11.7 Å². The average Bonchev–Trinajstić information content (AvgIpc) is 2.67. The molecule has 26 heavy (non-hydrogen) atoms. The van der Waals surface area contributed by atoms with Gasteiger partial charge in [-0.05, 0) is 31.4 Å². The summed E-state index contributed by atoms with van der Waals surface area (Å²) in [5.41, 5.74) is 0.963. The molecule has 1 fully saturated rings. The summed E-state index contributed by atoms with van der Waals surface area (Å²) in [7, 11) is 0. The highest BCUT2D eigenvalue weighted by Gasteiger charge is 2.15. The predicted octanol–water partition coefficient (Wildman–Crippen LogP) is 2.97. The van der Waals surface area contributed by atoms with E-state index in [0.717, 1.165) is 24.6 Å². The molecule has 1 N–H and O–H groups in total. The molecule has 0 spiro atoms. The Labute approximate surface area is 162 Å². The monoisotopic (exact) mass is 391 g/mol. The number of rotatable bonds is 7. The van der Waals surface area contributed by atoms with E-state index in [9.17, 15) is 4.79 Å². The minimum absolute atomic E-state index is 0.0472. The van der Waals surface area contributed by atoms with Crippen LogP contribution in [0.4, 0.5) is 5.82 Å². The van der Waals surface area contributed by atoms with E-state index >= 15 is 0 Å². The molecule has 0 bridgehead atoms. The Morgan fingerprint density at radius 2 is 2.08 bits per heavy atom. The molecule has 1 aliphatic heterocycles. The minimum atomic E-state index is -0.0472. The van der Waals surface area contributed by atoms with E-state index in [1.54, 1.807) is 12.3 Å². The third-order valence-corrected chi connectivity index (χ3v) is 5.14. The Balaban J connectivity index is 1.47. The molecule has 0 aromatic carbocycles. The lowest BCUT2D eigenvalue weighted by Crippen LogP contribution is -2.30. The van der Waals surface area contributed by atoms with Gasteiger partial charge in [0, 0.05) is 44.0 Å². The number of halogens is 1. The molecule has 1 saturated heterocycles. The number of hydrogen-bond acceptors (Lipinski definition) is 6. The van der Waals surface area contributed by atoms with Crippen LogP contribution in [0.25, 0.3) is 0 Å². The minimum Gasteiger partial charge on any atom is -0.356 e. The van der Waals surface area contributed by atoms with E-state index in [4.69, 9.17) is 11.6 Å². The van der Waals surface area contributed by atoms with Crippen LogP contribution in [0.1, 0.15) is 25.0 Å². The topological polar surface area (TPSA) is 71.0 Å². The van der Waals surface area contributed by atoms with Crippen molar-refractivity contribution in [2.75, 3.05) is 30.3 Å². The Morgan fingerprint density at radius 1 is 1.23 bits per heavy atom. The summed E-state index contributed by atoms with van der Waals surface area (Å²) >= 11 is 7.44. The lowest BCUT2D eigenvalue weighted by Gasteiger charge is -2.27. The van der Waals surface area contributed by atoms with Crippen molar-refractivity contribution in [3.8, 4) is 0 Å². The summed E-state index contributed by atoms with van der Waals surface area (Å²) in [5, 5.41) is 3.85. The molecule has 0 aliphatic carbocycles. The van der Waals surface area contributed by atoms with Crippen LogP contribution in [-0.4, -0.2) is 46.2 Å². The zero-order chi connectivity index (χ0) is 18.2. The first-order valence-electron chi connectivity index (χ1n) is 8.79. The maximum absolute atomic E-state index is 12.0. The van der Waals surface area contributed by atoms with Gasteiger partial charge in [-0.15, -0.1) is 0 Å². The van der Waals surface area contributed by atoms with Crippen LogP contribution in [0.5, 0.6) is 0 Å². The number of hydrogen-bond donors (Lipinski definition) is 1. The van der Waals surface area contributed by atoms with Crippen molar-refractivity contribution in [2.24, 2.45) is 0 Å². The van der Waals surface area contributed by atoms with Crippen LogP contribution >= 0.6 is 23.4 Å². The van der Waals surface area contributed by atoms with E-state index in [0.29, 0.717) is 23.3 Å². The van der Waals surface area contributed by atoms with Crippen molar-refractivity contribution in [2.45, 2.75) is 30.8 Å². The summed E-state index contributed by atoms with van der Waals surface area (Å²) in [4.78, 5) is 27.3. The second-order valence-corrected chi connectivity index (χ2v) is 7.42. The lowest BCUT2D eigenvalue weighted by molar-refractivity contribution is -0.118. The number of nitrogens with zero attached hydrogens (tertiary/aromatic N) is 4. The Bertz CT molecular complexity index is 725. The van der Waals surface area contributed by atoms with Gasteiger partial charge in [-0.3, -0.25) is 9.78 Å². The van der Waals surface area contributed by atoms with Gasteiger partial charge in [0.25, 0.3) is 0 Å². The molecule has 2 aromatic rings. The smallest absolute Gasteiger partial charge is 0.230 e. The molecule has 1 aliphatic rings. The molecular formula is C18H22ClN5OS. The van der Waals surface area contributed by atoms with Gasteiger partial charge in [0.05, 0.1) is 5.75 Å². The van der Waals surface area contributed by atoms with Crippen molar-refractivity contribution in [1.82, 2.24) is 20.3 Å². The van der Waals surface area contributed by atoms with Gasteiger partial charge in [0.2, 0.25) is 5.91 Å². The highest BCUT2D eigenvalue weighted by atomic mass is 35.5. The summed E-state index contributed by atoms with van der Waals surface area (Å²) in [5.74, 6) is 1.07. The Hall–Kier alpha value is -1.86. The van der Waals surface area contributed by atoms with E-state index in [2.05, 4.69) is 25.2 Å². The summed E-state index contributed by atoms with van der Waals surface area (Å²) in [6.45, 7) is 2.54. The molecule has 2 aromatic heterocycles. The Morgan fingerprint density at radius 3 is 2.85 bits per heavy atom. The lowest BCUT2D eigenvalue weighted by atomic mass is 10.1. The van der Waals surface area contributed by atoms with Gasteiger partial charge in [-0.25, -0.2) is 9.97 Å². The van der Waals surface area contributed by atoms with Crippen LogP contribution in [-0.2, 0) is 11.2 Å².